The van der Waals surface area contributed by atoms with Crippen LogP contribution in [0.5, 0.6) is 0 Å². The molecule has 0 radical (unpaired) electrons. The molecule has 0 unspecified atom stereocenters. The van der Waals surface area contributed by atoms with Gasteiger partial charge < -0.3 is 5.73 Å². The molecule has 1 aromatic rings. The zero-order valence-electron chi connectivity index (χ0n) is 7.43. The third kappa shape index (κ3) is 1.17. The average Bonchev–Trinajstić information content (AvgIpc) is 2.04. The molecule has 0 aliphatic heterocycles. The van der Waals surface area contributed by atoms with E-state index in [4.69, 9.17) is 5.73 Å². The molecule has 0 saturated heterocycles. The zero-order chi connectivity index (χ0) is 8.55. The molecular weight excluding hydrogens is 148 g/mol. The Bertz CT molecular complexity index is 305. The summed E-state index contributed by atoms with van der Waals surface area (Å²) in [6.07, 6.45) is 4.76. The van der Waals surface area contributed by atoms with E-state index in [9.17, 15) is 0 Å². The Kier molecular flexibility index (Phi) is 1.75. The SMILES string of the molecule is Cc1cc(N)c2c(n1)CCCC2. The van der Waals surface area contributed by atoms with Crippen molar-refractivity contribution in [3.05, 3.63) is 23.0 Å². The van der Waals surface area contributed by atoms with E-state index in [1.807, 2.05) is 13.0 Å². The summed E-state index contributed by atoms with van der Waals surface area (Å²) in [7, 11) is 0. The van der Waals surface area contributed by atoms with Crippen molar-refractivity contribution in [3.63, 3.8) is 0 Å². The Morgan fingerprint density at radius 2 is 2.08 bits per heavy atom. The van der Waals surface area contributed by atoms with Gasteiger partial charge in [-0.15, -0.1) is 0 Å². The van der Waals surface area contributed by atoms with E-state index in [2.05, 4.69) is 4.98 Å². The molecule has 12 heavy (non-hydrogen) atoms. The zero-order valence-corrected chi connectivity index (χ0v) is 7.43. The van der Waals surface area contributed by atoms with Crippen LogP contribution >= 0.6 is 0 Å². The molecule has 0 bridgehead atoms. The van der Waals surface area contributed by atoms with Crippen molar-refractivity contribution in [3.8, 4) is 0 Å². The van der Waals surface area contributed by atoms with Gasteiger partial charge in [0.25, 0.3) is 0 Å². The van der Waals surface area contributed by atoms with Crippen molar-refractivity contribution in [2.75, 3.05) is 5.73 Å². The second-order valence-corrected chi connectivity index (χ2v) is 3.49. The van der Waals surface area contributed by atoms with E-state index in [-0.39, 0.29) is 0 Å². The second-order valence-electron chi connectivity index (χ2n) is 3.49. The van der Waals surface area contributed by atoms with Gasteiger partial charge in [-0.3, -0.25) is 4.98 Å². The van der Waals surface area contributed by atoms with Gasteiger partial charge >= 0.3 is 0 Å². The number of fused-ring (bicyclic) bond motifs is 1. The molecule has 0 atom stereocenters. The molecule has 0 amide bonds. The molecule has 0 aromatic carbocycles. The highest BCUT2D eigenvalue weighted by molar-refractivity contribution is 5.50. The highest BCUT2D eigenvalue weighted by atomic mass is 14.7. The van der Waals surface area contributed by atoms with Crippen LogP contribution in [0.1, 0.15) is 29.8 Å². The van der Waals surface area contributed by atoms with Gasteiger partial charge in [0.15, 0.2) is 0 Å². The van der Waals surface area contributed by atoms with Crippen LogP contribution in [0.4, 0.5) is 5.69 Å². The van der Waals surface area contributed by atoms with Gasteiger partial charge in [0, 0.05) is 17.1 Å². The van der Waals surface area contributed by atoms with Crippen molar-refractivity contribution in [1.29, 1.82) is 0 Å². The van der Waals surface area contributed by atoms with E-state index in [1.165, 1.54) is 24.1 Å². The first-order valence-electron chi connectivity index (χ1n) is 4.52. The molecular formula is C10H14N2. The van der Waals surface area contributed by atoms with Crippen molar-refractivity contribution in [2.45, 2.75) is 32.6 Å². The maximum Gasteiger partial charge on any atom is 0.0459 e. The molecule has 1 aromatic heterocycles. The summed E-state index contributed by atoms with van der Waals surface area (Å²) in [6.45, 7) is 2.01. The fourth-order valence-corrected chi connectivity index (χ4v) is 1.88. The van der Waals surface area contributed by atoms with Gasteiger partial charge in [-0.1, -0.05) is 0 Å². The molecule has 1 heterocycles. The fourth-order valence-electron chi connectivity index (χ4n) is 1.88. The molecule has 2 rings (SSSR count). The van der Waals surface area contributed by atoms with Crippen molar-refractivity contribution < 1.29 is 0 Å². The molecule has 64 valence electrons. The number of aromatic nitrogens is 1. The summed E-state index contributed by atoms with van der Waals surface area (Å²) < 4.78 is 0. The van der Waals surface area contributed by atoms with Crippen LogP contribution in [-0.2, 0) is 12.8 Å². The van der Waals surface area contributed by atoms with E-state index in [0.29, 0.717) is 0 Å². The average molecular weight is 162 g/mol. The minimum Gasteiger partial charge on any atom is -0.398 e. The lowest BCUT2D eigenvalue weighted by atomic mass is 9.94. The van der Waals surface area contributed by atoms with Gasteiger partial charge in [-0.25, -0.2) is 0 Å². The summed E-state index contributed by atoms with van der Waals surface area (Å²) in [5.41, 5.74) is 10.4. The molecule has 0 saturated carbocycles. The van der Waals surface area contributed by atoms with Gasteiger partial charge in [0.1, 0.15) is 0 Å². The fraction of sp³-hybridized carbons (Fsp3) is 0.500. The number of hydrogen-bond donors (Lipinski definition) is 1. The largest absolute Gasteiger partial charge is 0.398 e. The standard InChI is InChI=1S/C10H14N2/c1-7-6-9(11)8-4-2-3-5-10(8)12-7/h6H,2-5H2,1H3,(H2,11,12). The highest BCUT2D eigenvalue weighted by Crippen LogP contribution is 2.24. The Labute approximate surface area is 72.8 Å². The summed E-state index contributed by atoms with van der Waals surface area (Å²) in [4.78, 5) is 4.49. The molecule has 0 spiro atoms. The topological polar surface area (TPSA) is 38.9 Å². The van der Waals surface area contributed by atoms with Gasteiger partial charge in [0.2, 0.25) is 0 Å². The first-order chi connectivity index (χ1) is 5.77. The van der Waals surface area contributed by atoms with Gasteiger partial charge in [0.05, 0.1) is 0 Å². The van der Waals surface area contributed by atoms with E-state index in [0.717, 1.165) is 24.2 Å². The summed E-state index contributed by atoms with van der Waals surface area (Å²) >= 11 is 0. The molecule has 2 nitrogen and oxygen atoms in total. The number of anilines is 1. The summed E-state index contributed by atoms with van der Waals surface area (Å²) in [6, 6.07) is 1.98. The Morgan fingerprint density at radius 3 is 2.92 bits per heavy atom. The molecule has 1 aliphatic rings. The first-order valence-corrected chi connectivity index (χ1v) is 4.52. The van der Waals surface area contributed by atoms with E-state index in [1.54, 1.807) is 0 Å². The van der Waals surface area contributed by atoms with Crippen molar-refractivity contribution in [2.24, 2.45) is 0 Å². The van der Waals surface area contributed by atoms with Crippen LogP contribution < -0.4 is 5.73 Å². The van der Waals surface area contributed by atoms with Crippen LogP contribution in [0.2, 0.25) is 0 Å². The van der Waals surface area contributed by atoms with E-state index < -0.39 is 0 Å². The predicted molar refractivity (Wildman–Crippen MR) is 50.0 cm³/mol. The Hall–Kier alpha value is -1.05. The number of nitrogen functional groups attached to an aromatic ring is 1. The maximum absolute atomic E-state index is 5.90. The molecule has 1 aliphatic carbocycles. The van der Waals surface area contributed by atoms with Crippen molar-refractivity contribution >= 4 is 5.69 Å². The van der Waals surface area contributed by atoms with Gasteiger partial charge in [-0.2, -0.15) is 0 Å². The van der Waals surface area contributed by atoms with Crippen LogP contribution in [0.25, 0.3) is 0 Å². The Balaban J connectivity index is 2.53. The number of rotatable bonds is 0. The van der Waals surface area contributed by atoms with Crippen LogP contribution in [0, 0.1) is 6.92 Å². The smallest absolute Gasteiger partial charge is 0.0459 e. The number of nitrogens with two attached hydrogens (primary N) is 1. The molecule has 2 heteroatoms. The summed E-state index contributed by atoms with van der Waals surface area (Å²) in [5.74, 6) is 0. The minimum atomic E-state index is 0.942. The normalized spacial score (nSPS) is 15.8. The second kappa shape index (κ2) is 2.77. The quantitative estimate of drug-likeness (QED) is 0.632. The third-order valence-electron chi connectivity index (χ3n) is 2.46. The lowest BCUT2D eigenvalue weighted by Gasteiger charge is -2.16. The number of hydrogen-bond acceptors (Lipinski definition) is 2. The summed E-state index contributed by atoms with van der Waals surface area (Å²) in [5, 5.41) is 0. The molecule has 2 N–H and O–H groups in total. The van der Waals surface area contributed by atoms with Crippen LogP contribution in [0.3, 0.4) is 0 Å². The minimum absolute atomic E-state index is 0.942. The van der Waals surface area contributed by atoms with Gasteiger partial charge in [-0.05, 0) is 44.2 Å². The predicted octanol–water partition coefficient (Wildman–Crippen LogP) is 1.85. The first kappa shape index (κ1) is 7.59. The molecule has 0 fully saturated rings. The highest BCUT2D eigenvalue weighted by Gasteiger charge is 2.13. The lowest BCUT2D eigenvalue weighted by molar-refractivity contribution is 0.667. The number of pyridine rings is 1. The Morgan fingerprint density at radius 1 is 1.33 bits per heavy atom. The van der Waals surface area contributed by atoms with Crippen molar-refractivity contribution in [1.82, 2.24) is 4.98 Å². The van der Waals surface area contributed by atoms with E-state index >= 15 is 0 Å². The van der Waals surface area contributed by atoms with Crippen LogP contribution in [-0.4, -0.2) is 4.98 Å². The van der Waals surface area contributed by atoms with Crippen LogP contribution in [0.15, 0.2) is 6.07 Å². The number of aryl methyl sites for hydroxylation is 2. The monoisotopic (exact) mass is 162 g/mol. The lowest BCUT2D eigenvalue weighted by Crippen LogP contribution is -2.09. The third-order valence-corrected chi connectivity index (χ3v) is 2.46. The number of nitrogens with zero attached hydrogens (tertiary/aromatic N) is 1. The maximum atomic E-state index is 5.90.